The minimum Gasteiger partial charge on any atom is -0.475 e. The molecule has 0 aromatic carbocycles. The first-order valence-electron chi connectivity index (χ1n) is 11.8. The van der Waals surface area contributed by atoms with E-state index in [1.54, 1.807) is 6.20 Å². The zero-order valence-electron chi connectivity index (χ0n) is 20.0. The van der Waals surface area contributed by atoms with Crippen LogP contribution in [0.4, 0.5) is 30.6 Å². The van der Waals surface area contributed by atoms with E-state index in [1.165, 1.54) is 12.8 Å². The Morgan fingerprint density at radius 3 is 2.61 bits per heavy atom. The van der Waals surface area contributed by atoms with Crippen LogP contribution in [-0.4, -0.2) is 76.5 Å². The largest absolute Gasteiger partial charge is 0.490 e. The lowest BCUT2D eigenvalue weighted by Gasteiger charge is -2.37. The third-order valence-electron chi connectivity index (χ3n) is 6.14. The number of carbonyl (C=O) groups is 1. The van der Waals surface area contributed by atoms with E-state index in [-0.39, 0.29) is 6.10 Å². The number of fused-ring (bicyclic) bond motifs is 2. The SMILES string of the molecule is CCc1[nH]c2nc(Nc3cnc4c(c3)nnn4CC3CC3)nc(N3CC(O)C3)c2c1Br.O=C(O)C(F)(F)F. The Balaban J connectivity index is 0.000000374. The van der Waals surface area contributed by atoms with Crippen LogP contribution in [0.25, 0.3) is 22.2 Å². The first-order valence-corrected chi connectivity index (χ1v) is 12.6. The number of aromatic nitrogens is 7. The van der Waals surface area contributed by atoms with E-state index < -0.39 is 12.1 Å². The highest BCUT2D eigenvalue weighted by atomic mass is 79.9. The molecule has 6 rings (SSSR count). The van der Waals surface area contributed by atoms with Crippen LogP contribution in [0.15, 0.2) is 16.7 Å². The molecule has 4 N–H and O–H groups in total. The summed E-state index contributed by atoms with van der Waals surface area (Å²) in [5.41, 5.74) is 4.11. The van der Waals surface area contributed by atoms with Crippen LogP contribution in [0, 0.1) is 5.92 Å². The molecule has 4 aromatic heterocycles. The molecule has 12 nitrogen and oxygen atoms in total. The molecular weight excluding hydrogens is 575 g/mol. The number of pyridine rings is 1. The van der Waals surface area contributed by atoms with Crippen molar-refractivity contribution in [1.29, 1.82) is 0 Å². The van der Waals surface area contributed by atoms with Crippen molar-refractivity contribution in [2.45, 2.75) is 45.0 Å². The molecule has 38 heavy (non-hydrogen) atoms. The molecular formula is C22H23BrF3N9O3. The Hall–Kier alpha value is -3.53. The highest BCUT2D eigenvalue weighted by Crippen LogP contribution is 2.37. The van der Waals surface area contributed by atoms with Crippen LogP contribution in [0.3, 0.4) is 0 Å². The van der Waals surface area contributed by atoms with Gasteiger partial charge in [-0.3, -0.25) is 0 Å². The fourth-order valence-corrected chi connectivity index (χ4v) is 4.72. The van der Waals surface area contributed by atoms with E-state index in [0.717, 1.165) is 56.8 Å². The summed E-state index contributed by atoms with van der Waals surface area (Å²) in [4.78, 5) is 28.4. The number of aromatic amines is 1. The average Bonchev–Trinajstić information content (AvgIpc) is 3.49. The molecule has 4 aromatic rings. The van der Waals surface area contributed by atoms with Crippen molar-refractivity contribution in [3.8, 4) is 0 Å². The molecule has 1 aliphatic carbocycles. The molecule has 0 amide bonds. The topological polar surface area (TPSA) is 158 Å². The number of alkyl halides is 3. The second kappa shape index (κ2) is 9.98. The number of carboxylic acid groups (broad SMARTS) is 1. The highest BCUT2D eigenvalue weighted by molar-refractivity contribution is 9.10. The van der Waals surface area contributed by atoms with Gasteiger partial charge in [0.05, 0.1) is 27.8 Å². The van der Waals surface area contributed by atoms with Crippen LogP contribution >= 0.6 is 15.9 Å². The monoisotopic (exact) mass is 597 g/mol. The molecule has 202 valence electrons. The van der Waals surface area contributed by atoms with Gasteiger partial charge in [0.1, 0.15) is 17.0 Å². The summed E-state index contributed by atoms with van der Waals surface area (Å²) in [7, 11) is 0. The van der Waals surface area contributed by atoms with E-state index in [0.29, 0.717) is 25.0 Å². The van der Waals surface area contributed by atoms with Gasteiger partial charge in [0, 0.05) is 25.3 Å². The number of aliphatic hydroxyl groups excluding tert-OH is 1. The lowest BCUT2D eigenvalue weighted by molar-refractivity contribution is -0.192. The van der Waals surface area contributed by atoms with Gasteiger partial charge in [0.2, 0.25) is 5.95 Å². The third-order valence-corrected chi connectivity index (χ3v) is 7.01. The van der Waals surface area contributed by atoms with Gasteiger partial charge >= 0.3 is 12.1 Å². The molecule has 1 saturated carbocycles. The predicted octanol–water partition coefficient (Wildman–Crippen LogP) is 3.39. The second-order valence-electron chi connectivity index (χ2n) is 9.13. The quantitative estimate of drug-likeness (QED) is 0.259. The summed E-state index contributed by atoms with van der Waals surface area (Å²) in [5.74, 6) is -0.791. The standard InChI is InChI=1S/C20H22BrN9O.C2HF3O2/c1-2-13-16(21)15-17(24-13)25-20(26-19(15)29-8-12(31)9-29)23-11-5-14-18(22-6-11)30(28-27-14)7-10-3-4-10;3-2(4,5)1(6)7/h5-6,10,12,31H,2-4,7-9H2,1H3,(H2,23,24,25,26);(H,6,7). The van der Waals surface area contributed by atoms with Crippen LogP contribution in [0.5, 0.6) is 0 Å². The summed E-state index contributed by atoms with van der Waals surface area (Å²) >= 11 is 3.69. The lowest BCUT2D eigenvalue weighted by Crippen LogP contribution is -2.51. The Morgan fingerprint density at radius 1 is 1.29 bits per heavy atom. The Kier molecular flexibility index (Phi) is 6.85. The molecule has 0 radical (unpaired) electrons. The van der Waals surface area contributed by atoms with Crippen LogP contribution in [0.2, 0.25) is 0 Å². The van der Waals surface area contributed by atoms with Gasteiger partial charge in [-0.2, -0.15) is 23.1 Å². The molecule has 1 saturated heterocycles. The number of hydrogen-bond acceptors (Lipinski definition) is 9. The van der Waals surface area contributed by atoms with Crippen LogP contribution in [0.1, 0.15) is 25.5 Å². The molecule has 0 atom stereocenters. The third kappa shape index (κ3) is 5.36. The van der Waals surface area contributed by atoms with Crippen molar-refractivity contribution in [3.05, 3.63) is 22.4 Å². The second-order valence-corrected chi connectivity index (χ2v) is 9.93. The fraction of sp³-hybridized carbons (Fsp3) is 0.455. The van der Waals surface area contributed by atoms with E-state index in [1.807, 2.05) is 10.7 Å². The van der Waals surface area contributed by atoms with E-state index in [4.69, 9.17) is 14.9 Å². The predicted molar refractivity (Wildman–Crippen MR) is 134 cm³/mol. The van der Waals surface area contributed by atoms with Crippen molar-refractivity contribution in [1.82, 2.24) is 34.9 Å². The number of aliphatic hydroxyl groups is 1. The number of aliphatic carboxylic acids is 1. The zero-order chi connectivity index (χ0) is 27.2. The Labute approximate surface area is 221 Å². The number of anilines is 3. The number of H-pyrrole nitrogens is 1. The number of carboxylic acids is 1. The van der Waals surface area contributed by atoms with Crippen LogP contribution < -0.4 is 10.2 Å². The normalized spacial score (nSPS) is 15.9. The Morgan fingerprint density at radius 2 is 2.00 bits per heavy atom. The van der Waals surface area contributed by atoms with Crippen molar-refractivity contribution in [3.63, 3.8) is 0 Å². The van der Waals surface area contributed by atoms with Gasteiger partial charge in [-0.25, -0.2) is 14.5 Å². The van der Waals surface area contributed by atoms with Gasteiger partial charge in [-0.05, 0) is 47.2 Å². The van der Waals surface area contributed by atoms with E-state index in [9.17, 15) is 18.3 Å². The summed E-state index contributed by atoms with van der Waals surface area (Å²) in [6.07, 6.45) is -0.288. The van der Waals surface area contributed by atoms with E-state index >= 15 is 0 Å². The number of hydrogen-bond donors (Lipinski definition) is 4. The maximum atomic E-state index is 10.6. The minimum atomic E-state index is -5.08. The highest BCUT2D eigenvalue weighted by Gasteiger charge is 2.38. The molecule has 0 unspecified atom stereocenters. The van der Waals surface area contributed by atoms with Crippen molar-refractivity contribution in [2.24, 2.45) is 5.92 Å². The maximum absolute atomic E-state index is 10.6. The lowest BCUT2D eigenvalue weighted by atomic mass is 10.1. The zero-order valence-corrected chi connectivity index (χ0v) is 21.6. The van der Waals surface area contributed by atoms with E-state index in [2.05, 4.69) is 58.3 Å². The number of rotatable bonds is 6. The van der Waals surface area contributed by atoms with Gasteiger partial charge < -0.3 is 25.4 Å². The fourth-order valence-electron chi connectivity index (χ4n) is 3.98. The minimum absolute atomic E-state index is 0.324. The van der Waals surface area contributed by atoms with Crippen molar-refractivity contribution in [2.75, 3.05) is 23.3 Å². The number of aryl methyl sites for hydroxylation is 1. The summed E-state index contributed by atoms with van der Waals surface area (Å²) in [5, 5.41) is 29.7. The Bertz CT molecular complexity index is 1500. The first kappa shape index (κ1) is 26.1. The molecule has 2 aliphatic rings. The number of β-amino-alcohol motifs (C(OH)–C–C–N with tert-alkyl or cyclic N) is 1. The first-order chi connectivity index (χ1) is 18.0. The molecule has 0 bridgehead atoms. The van der Waals surface area contributed by atoms with Crippen molar-refractivity contribution < 1.29 is 28.2 Å². The van der Waals surface area contributed by atoms with Crippen molar-refractivity contribution >= 4 is 61.6 Å². The van der Waals surface area contributed by atoms with Gasteiger partial charge in [0.15, 0.2) is 5.65 Å². The van der Waals surface area contributed by atoms with Gasteiger partial charge in [-0.1, -0.05) is 12.1 Å². The van der Waals surface area contributed by atoms with Crippen LogP contribution in [-0.2, 0) is 17.8 Å². The smallest absolute Gasteiger partial charge is 0.475 e. The molecule has 5 heterocycles. The molecule has 2 fully saturated rings. The molecule has 16 heteroatoms. The number of halogens is 4. The maximum Gasteiger partial charge on any atom is 0.490 e. The number of nitrogens with zero attached hydrogens (tertiary/aromatic N) is 7. The number of nitrogens with one attached hydrogen (secondary N) is 2. The molecule has 0 spiro atoms. The summed E-state index contributed by atoms with van der Waals surface area (Å²) in [6.45, 7) is 4.08. The average molecular weight is 598 g/mol. The van der Waals surface area contributed by atoms with Gasteiger partial charge in [-0.15, -0.1) is 5.10 Å². The van der Waals surface area contributed by atoms with Gasteiger partial charge in [0.25, 0.3) is 0 Å². The molecule has 1 aliphatic heterocycles. The summed E-state index contributed by atoms with van der Waals surface area (Å²) in [6, 6.07) is 1.92. The summed E-state index contributed by atoms with van der Waals surface area (Å²) < 4.78 is 34.6.